The lowest BCUT2D eigenvalue weighted by Gasteiger charge is -2.30. The number of amides is 1. The third kappa shape index (κ3) is 4.45. The predicted molar refractivity (Wildman–Crippen MR) is 87.1 cm³/mol. The van der Waals surface area contributed by atoms with Crippen LogP contribution < -0.4 is 5.32 Å². The standard InChI is InChI=1S/C17H23ClN2O2/c18-15-5-3-13(4-6-15)7-9-20(11-14-1-2-14)17(21)16-12-22-10-8-19-16/h3-6,14,16,19H,1-2,7-12H2. The molecule has 1 N–H and O–H groups in total. The first kappa shape index (κ1) is 15.8. The van der Waals surface area contributed by atoms with Crippen LogP contribution in [0.4, 0.5) is 0 Å². The quantitative estimate of drug-likeness (QED) is 0.872. The number of hydrogen-bond donors (Lipinski definition) is 1. The van der Waals surface area contributed by atoms with Crippen LogP contribution in [0.1, 0.15) is 18.4 Å². The molecule has 1 saturated carbocycles. The Hall–Kier alpha value is -1.10. The monoisotopic (exact) mass is 322 g/mol. The van der Waals surface area contributed by atoms with Gasteiger partial charge >= 0.3 is 0 Å². The third-order valence-electron chi connectivity index (χ3n) is 4.29. The molecule has 5 heteroatoms. The van der Waals surface area contributed by atoms with Crippen LogP contribution in [0.25, 0.3) is 0 Å². The van der Waals surface area contributed by atoms with Gasteiger partial charge in [0.05, 0.1) is 13.2 Å². The van der Waals surface area contributed by atoms with Crippen molar-refractivity contribution in [2.75, 3.05) is 32.8 Å². The molecule has 0 spiro atoms. The van der Waals surface area contributed by atoms with E-state index < -0.39 is 0 Å². The first-order chi connectivity index (χ1) is 10.7. The maximum Gasteiger partial charge on any atom is 0.242 e. The summed E-state index contributed by atoms with van der Waals surface area (Å²) in [6.45, 7) is 3.57. The lowest BCUT2D eigenvalue weighted by Crippen LogP contribution is -2.53. The van der Waals surface area contributed by atoms with Crippen LogP contribution in [0.3, 0.4) is 0 Å². The van der Waals surface area contributed by atoms with Gasteiger partial charge in [0.1, 0.15) is 6.04 Å². The van der Waals surface area contributed by atoms with Crippen molar-refractivity contribution in [1.29, 1.82) is 0 Å². The zero-order chi connectivity index (χ0) is 15.4. The average Bonchev–Trinajstić information content (AvgIpc) is 3.37. The van der Waals surface area contributed by atoms with Crippen LogP contribution >= 0.6 is 11.6 Å². The number of carbonyl (C=O) groups is 1. The van der Waals surface area contributed by atoms with E-state index >= 15 is 0 Å². The Labute approximate surface area is 136 Å². The predicted octanol–water partition coefficient (Wildman–Crippen LogP) is 2.11. The van der Waals surface area contributed by atoms with Crippen LogP contribution in [0.2, 0.25) is 5.02 Å². The molecule has 1 unspecified atom stereocenters. The Bertz CT molecular complexity index is 496. The second-order valence-corrected chi connectivity index (χ2v) is 6.62. The van der Waals surface area contributed by atoms with Crippen molar-refractivity contribution >= 4 is 17.5 Å². The third-order valence-corrected chi connectivity index (χ3v) is 4.54. The van der Waals surface area contributed by atoms with E-state index in [1.54, 1.807) is 0 Å². The maximum absolute atomic E-state index is 12.7. The van der Waals surface area contributed by atoms with E-state index in [1.807, 2.05) is 29.2 Å². The Morgan fingerprint density at radius 2 is 2.09 bits per heavy atom. The zero-order valence-electron chi connectivity index (χ0n) is 12.8. The van der Waals surface area contributed by atoms with Gasteiger partial charge in [0.15, 0.2) is 0 Å². The van der Waals surface area contributed by atoms with Crippen LogP contribution in [-0.2, 0) is 16.0 Å². The number of halogens is 1. The largest absolute Gasteiger partial charge is 0.378 e. The number of nitrogens with one attached hydrogen (secondary N) is 1. The lowest BCUT2D eigenvalue weighted by molar-refractivity contribution is -0.136. The summed E-state index contributed by atoms with van der Waals surface area (Å²) in [5.41, 5.74) is 1.21. The highest BCUT2D eigenvalue weighted by molar-refractivity contribution is 6.30. The number of morpholine rings is 1. The van der Waals surface area contributed by atoms with E-state index in [4.69, 9.17) is 16.3 Å². The van der Waals surface area contributed by atoms with Gasteiger partial charge in [-0.1, -0.05) is 23.7 Å². The van der Waals surface area contributed by atoms with E-state index in [9.17, 15) is 4.79 Å². The molecule has 1 aromatic carbocycles. The van der Waals surface area contributed by atoms with Crippen LogP contribution in [0.5, 0.6) is 0 Å². The van der Waals surface area contributed by atoms with Crippen molar-refractivity contribution in [3.63, 3.8) is 0 Å². The summed E-state index contributed by atoms with van der Waals surface area (Å²) in [7, 11) is 0. The van der Waals surface area contributed by atoms with Crippen molar-refractivity contribution in [3.05, 3.63) is 34.9 Å². The summed E-state index contributed by atoms with van der Waals surface area (Å²) in [5, 5.41) is 4.01. The Balaban J connectivity index is 1.58. The summed E-state index contributed by atoms with van der Waals surface area (Å²) in [6.07, 6.45) is 3.36. The molecule has 1 heterocycles. The number of rotatable bonds is 6. The summed E-state index contributed by atoms with van der Waals surface area (Å²) in [4.78, 5) is 14.7. The summed E-state index contributed by atoms with van der Waals surface area (Å²) in [5.74, 6) is 0.874. The second kappa shape index (κ2) is 7.44. The topological polar surface area (TPSA) is 41.6 Å². The molecule has 0 aromatic heterocycles. The minimum atomic E-state index is -0.183. The van der Waals surface area contributed by atoms with E-state index in [2.05, 4.69) is 5.32 Å². The van der Waals surface area contributed by atoms with Crippen LogP contribution in [-0.4, -0.2) is 49.7 Å². The Morgan fingerprint density at radius 3 is 2.73 bits per heavy atom. The molecule has 0 bridgehead atoms. The molecular formula is C17H23ClN2O2. The van der Waals surface area contributed by atoms with Crippen LogP contribution in [0, 0.1) is 5.92 Å². The average molecular weight is 323 g/mol. The fourth-order valence-corrected chi connectivity index (χ4v) is 2.89. The zero-order valence-corrected chi connectivity index (χ0v) is 13.5. The van der Waals surface area contributed by atoms with Gasteiger partial charge in [0.25, 0.3) is 0 Å². The maximum atomic E-state index is 12.7. The molecule has 1 amide bonds. The van der Waals surface area contributed by atoms with Crippen molar-refractivity contribution in [2.24, 2.45) is 5.92 Å². The minimum absolute atomic E-state index is 0.181. The molecular weight excluding hydrogens is 300 g/mol. The molecule has 1 aromatic rings. The Kier molecular flexibility index (Phi) is 5.34. The molecule has 1 saturated heterocycles. The van der Waals surface area contributed by atoms with Gasteiger partial charge in [-0.3, -0.25) is 4.79 Å². The Morgan fingerprint density at radius 1 is 1.32 bits per heavy atom. The number of ether oxygens (including phenoxy) is 1. The molecule has 22 heavy (non-hydrogen) atoms. The van der Waals surface area contributed by atoms with Gasteiger partial charge in [-0.2, -0.15) is 0 Å². The molecule has 120 valence electrons. The van der Waals surface area contributed by atoms with Gasteiger partial charge in [0.2, 0.25) is 5.91 Å². The van der Waals surface area contributed by atoms with Crippen molar-refractivity contribution in [2.45, 2.75) is 25.3 Å². The second-order valence-electron chi connectivity index (χ2n) is 6.19. The van der Waals surface area contributed by atoms with E-state index in [0.29, 0.717) is 19.1 Å². The molecule has 2 aliphatic rings. The van der Waals surface area contributed by atoms with Gasteiger partial charge < -0.3 is 15.0 Å². The van der Waals surface area contributed by atoms with Gasteiger partial charge in [-0.25, -0.2) is 0 Å². The highest BCUT2D eigenvalue weighted by atomic mass is 35.5. The normalized spacial score (nSPS) is 21.6. The molecule has 3 rings (SSSR count). The van der Waals surface area contributed by atoms with E-state index in [-0.39, 0.29) is 11.9 Å². The van der Waals surface area contributed by atoms with Crippen molar-refractivity contribution in [1.82, 2.24) is 10.2 Å². The highest BCUT2D eigenvalue weighted by Gasteiger charge is 2.31. The van der Waals surface area contributed by atoms with Gasteiger partial charge in [-0.15, -0.1) is 0 Å². The fourth-order valence-electron chi connectivity index (χ4n) is 2.76. The van der Waals surface area contributed by atoms with Gasteiger partial charge in [0, 0.05) is 24.7 Å². The smallest absolute Gasteiger partial charge is 0.242 e. The molecule has 0 radical (unpaired) electrons. The van der Waals surface area contributed by atoms with E-state index in [0.717, 1.165) is 31.1 Å². The fraction of sp³-hybridized carbons (Fsp3) is 0.588. The molecule has 2 fully saturated rings. The highest BCUT2D eigenvalue weighted by Crippen LogP contribution is 2.30. The number of nitrogens with zero attached hydrogens (tertiary/aromatic N) is 1. The molecule has 1 atom stereocenters. The lowest BCUT2D eigenvalue weighted by atomic mass is 10.1. The number of hydrogen-bond acceptors (Lipinski definition) is 3. The van der Waals surface area contributed by atoms with Gasteiger partial charge in [-0.05, 0) is 42.9 Å². The SMILES string of the molecule is O=C(C1COCCN1)N(CCc1ccc(Cl)cc1)CC1CC1. The summed E-state index contributed by atoms with van der Waals surface area (Å²) >= 11 is 5.92. The molecule has 1 aliphatic carbocycles. The van der Waals surface area contributed by atoms with Crippen molar-refractivity contribution < 1.29 is 9.53 Å². The summed E-state index contributed by atoms with van der Waals surface area (Å²) in [6, 6.07) is 7.69. The number of carbonyl (C=O) groups excluding carboxylic acids is 1. The first-order valence-corrected chi connectivity index (χ1v) is 8.44. The summed E-state index contributed by atoms with van der Waals surface area (Å²) < 4.78 is 5.43. The van der Waals surface area contributed by atoms with Crippen molar-refractivity contribution in [3.8, 4) is 0 Å². The van der Waals surface area contributed by atoms with Crippen LogP contribution in [0.15, 0.2) is 24.3 Å². The molecule has 4 nitrogen and oxygen atoms in total. The number of benzene rings is 1. The first-order valence-electron chi connectivity index (χ1n) is 8.07. The van der Waals surface area contributed by atoms with E-state index in [1.165, 1.54) is 18.4 Å². The molecule has 1 aliphatic heterocycles. The minimum Gasteiger partial charge on any atom is -0.378 e.